The number of nitrogens with one attached hydrogen (secondary N) is 1. The highest BCUT2D eigenvalue weighted by atomic mass is 35.5. The molecule has 0 saturated heterocycles. The molecule has 4 aromatic rings. The first-order valence-electron chi connectivity index (χ1n) is 8.50. The Morgan fingerprint density at radius 3 is 2.56 bits per heavy atom. The molecule has 0 unspecified atom stereocenters. The van der Waals surface area contributed by atoms with Crippen molar-refractivity contribution in [3.8, 4) is 11.4 Å². The summed E-state index contributed by atoms with van der Waals surface area (Å²) in [6.07, 6.45) is 1.71. The zero-order chi connectivity index (χ0) is 18.8. The van der Waals surface area contributed by atoms with Gasteiger partial charge in [0.05, 0.1) is 22.5 Å². The monoisotopic (exact) mass is 373 g/mol. The van der Waals surface area contributed by atoms with Gasteiger partial charge in [0.2, 0.25) is 0 Å². The number of para-hydroxylation sites is 1. The highest BCUT2D eigenvalue weighted by Gasteiger charge is 2.15. The zero-order valence-corrected chi connectivity index (χ0v) is 15.4. The molecule has 0 aliphatic rings. The van der Waals surface area contributed by atoms with E-state index in [-0.39, 0.29) is 5.91 Å². The summed E-state index contributed by atoms with van der Waals surface area (Å²) in [4.78, 5) is 22.1. The number of anilines is 1. The van der Waals surface area contributed by atoms with E-state index in [2.05, 4.69) is 15.3 Å². The van der Waals surface area contributed by atoms with Crippen LogP contribution >= 0.6 is 11.6 Å². The van der Waals surface area contributed by atoms with Gasteiger partial charge in [-0.05, 0) is 55.0 Å². The third-order valence-electron chi connectivity index (χ3n) is 4.32. The van der Waals surface area contributed by atoms with Gasteiger partial charge >= 0.3 is 0 Å². The molecule has 0 aliphatic carbocycles. The number of rotatable bonds is 3. The molecule has 4 rings (SSSR count). The van der Waals surface area contributed by atoms with Crippen LogP contribution in [0.5, 0.6) is 0 Å². The second-order valence-corrected chi connectivity index (χ2v) is 6.64. The van der Waals surface area contributed by atoms with Gasteiger partial charge in [-0.25, -0.2) is 4.98 Å². The fourth-order valence-electron chi connectivity index (χ4n) is 2.97. The van der Waals surface area contributed by atoms with Crippen LogP contribution in [0.4, 0.5) is 5.69 Å². The standard InChI is InChI=1S/C22H16ClN3O/c1-14-12-15(23)9-10-18(14)26-22(27)17-13-21(20-8-4-5-11-24-20)25-19-7-3-2-6-16(17)19/h2-13H,1H3,(H,26,27). The Morgan fingerprint density at radius 2 is 1.78 bits per heavy atom. The lowest BCUT2D eigenvalue weighted by Crippen LogP contribution is -2.14. The van der Waals surface area contributed by atoms with Crippen LogP contribution in [-0.2, 0) is 0 Å². The summed E-state index contributed by atoms with van der Waals surface area (Å²) in [6.45, 7) is 1.91. The van der Waals surface area contributed by atoms with Gasteiger partial charge in [0.1, 0.15) is 0 Å². The molecule has 0 radical (unpaired) electrons. The number of hydrogen-bond donors (Lipinski definition) is 1. The van der Waals surface area contributed by atoms with E-state index in [0.29, 0.717) is 16.3 Å². The molecule has 27 heavy (non-hydrogen) atoms. The molecule has 0 spiro atoms. The van der Waals surface area contributed by atoms with E-state index in [4.69, 9.17) is 11.6 Å². The van der Waals surface area contributed by atoms with Gasteiger partial charge in [-0.3, -0.25) is 9.78 Å². The molecule has 2 aromatic carbocycles. The largest absolute Gasteiger partial charge is 0.322 e. The smallest absolute Gasteiger partial charge is 0.256 e. The summed E-state index contributed by atoms with van der Waals surface area (Å²) >= 11 is 6.01. The topological polar surface area (TPSA) is 54.9 Å². The van der Waals surface area contributed by atoms with Crippen molar-refractivity contribution in [2.75, 3.05) is 5.32 Å². The molecule has 132 valence electrons. The number of benzene rings is 2. The highest BCUT2D eigenvalue weighted by molar-refractivity contribution is 6.30. The van der Waals surface area contributed by atoms with Gasteiger partial charge in [-0.1, -0.05) is 35.9 Å². The Kier molecular flexibility index (Phi) is 4.57. The number of halogens is 1. The first-order valence-corrected chi connectivity index (χ1v) is 8.88. The Hall–Kier alpha value is -3.24. The van der Waals surface area contributed by atoms with Crippen molar-refractivity contribution < 1.29 is 4.79 Å². The number of hydrogen-bond acceptors (Lipinski definition) is 3. The molecule has 0 fully saturated rings. The lowest BCUT2D eigenvalue weighted by molar-refractivity contribution is 0.102. The van der Waals surface area contributed by atoms with Crippen molar-refractivity contribution in [2.45, 2.75) is 6.92 Å². The van der Waals surface area contributed by atoms with Gasteiger partial charge in [-0.2, -0.15) is 0 Å². The van der Waals surface area contributed by atoms with E-state index in [1.165, 1.54) is 0 Å². The van der Waals surface area contributed by atoms with Crippen LogP contribution in [0.25, 0.3) is 22.3 Å². The van der Waals surface area contributed by atoms with Crippen molar-refractivity contribution in [1.82, 2.24) is 9.97 Å². The van der Waals surface area contributed by atoms with Gasteiger partial charge in [0.25, 0.3) is 5.91 Å². The average molecular weight is 374 g/mol. The fourth-order valence-corrected chi connectivity index (χ4v) is 3.19. The second-order valence-electron chi connectivity index (χ2n) is 6.20. The zero-order valence-electron chi connectivity index (χ0n) is 14.6. The summed E-state index contributed by atoms with van der Waals surface area (Å²) in [5.41, 5.74) is 4.31. The van der Waals surface area contributed by atoms with Crippen molar-refractivity contribution in [1.29, 1.82) is 0 Å². The molecular weight excluding hydrogens is 358 g/mol. The minimum Gasteiger partial charge on any atom is -0.322 e. The van der Waals surface area contributed by atoms with Gasteiger partial charge in [0.15, 0.2) is 0 Å². The number of nitrogens with zero attached hydrogens (tertiary/aromatic N) is 2. The molecule has 1 N–H and O–H groups in total. The number of aromatic nitrogens is 2. The van der Waals surface area contributed by atoms with E-state index in [1.807, 2.05) is 55.5 Å². The summed E-state index contributed by atoms with van der Waals surface area (Å²) in [6, 6.07) is 20.4. The predicted octanol–water partition coefficient (Wildman–Crippen LogP) is 5.51. The molecule has 4 nitrogen and oxygen atoms in total. The fraction of sp³-hybridized carbons (Fsp3) is 0.0455. The molecule has 5 heteroatoms. The molecule has 1 amide bonds. The number of aryl methyl sites for hydroxylation is 1. The molecule has 0 aliphatic heterocycles. The Morgan fingerprint density at radius 1 is 0.963 bits per heavy atom. The normalized spacial score (nSPS) is 10.7. The maximum atomic E-state index is 13.1. The van der Waals surface area contributed by atoms with Gasteiger partial charge in [0, 0.05) is 22.3 Å². The molecule has 2 heterocycles. The van der Waals surface area contributed by atoms with E-state index >= 15 is 0 Å². The predicted molar refractivity (Wildman–Crippen MR) is 109 cm³/mol. The summed E-state index contributed by atoms with van der Waals surface area (Å²) in [5, 5.41) is 4.41. The molecule has 0 bridgehead atoms. The number of amides is 1. The van der Waals surface area contributed by atoms with Crippen molar-refractivity contribution in [2.24, 2.45) is 0 Å². The number of carbonyl (C=O) groups excluding carboxylic acids is 1. The molecule has 0 saturated carbocycles. The minimum atomic E-state index is -0.198. The van der Waals surface area contributed by atoms with Crippen LogP contribution in [0, 0.1) is 6.92 Å². The Labute approximate surface area is 161 Å². The summed E-state index contributed by atoms with van der Waals surface area (Å²) in [5.74, 6) is -0.198. The maximum absolute atomic E-state index is 13.1. The van der Waals surface area contributed by atoms with Crippen LogP contribution in [0.1, 0.15) is 15.9 Å². The molecule has 0 atom stereocenters. The summed E-state index contributed by atoms with van der Waals surface area (Å²) < 4.78 is 0. The first-order chi connectivity index (χ1) is 13.1. The molecular formula is C22H16ClN3O. The second kappa shape index (κ2) is 7.17. The maximum Gasteiger partial charge on any atom is 0.256 e. The number of pyridine rings is 2. The average Bonchev–Trinajstić information content (AvgIpc) is 2.70. The third kappa shape index (κ3) is 3.52. The van der Waals surface area contributed by atoms with Crippen LogP contribution in [-0.4, -0.2) is 15.9 Å². The minimum absolute atomic E-state index is 0.198. The lowest BCUT2D eigenvalue weighted by Gasteiger charge is -2.12. The number of carbonyl (C=O) groups is 1. The highest BCUT2D eigenvalue weighted by Crippen LogP contribution is 2.26. The number of fused-ring (bicyclic) bond motifs is 1. The van der Waals surface area contributed by atoms with E-state index in [1.54, 1.807) is 24.4 Å². The van der Waals surface area contributed by atoms with Gasteiger partial charge in [-0.15, -0.1) is 0 Å². The Bertz CT molecular complexity index is 1140. The van der Waals surface area contributed by atoms with Crippen molar-refractivity contribution in [3.05, 3.63) is 89.1 Å². The summed E-state index contributed by atoms with van der Waals surface area (Å²) in [7, 11) is 0. The van der Waals surface area contributed by atoms with Crippen LogP contribution in [0.2, 0.25) is 5.02 Å². The van der Waals surface area contributed by atoms with E-state index < -0.39 is 0 Å². The molecule has 2 aromatic heterocycles. The quantitative estimate of drug-likeness (QED) is 0.515. The van der Waals surface area contributed by atoms with Crippen LogP contribution < -0.4 is 5.32 Å². The van der Waals surface area contributed by atoms with Crippen molar-refractivity contribution >= 4 is 34.1 Å². The van der Waals surface area contributed by atoms with Gasteiger partial charge < -0.3 is 5.32 Å². The van der Waals surface area contributed by atoms with Crippen molar-refractivity contribution in [3.63, 3.8) is 0 Å². The third-order valence-corrected chi connectivity index (χ3v) is 4.56. The van der Waals surface area contributed by atoms with E-state index in [0.717, 1.165) is 27.8 Å². The van der Waals surface area contributed by atoms with E-state index in [9.17, 15) is 4.79 Å². The lowest BCUT2D eigenvalue weighted by atomic mass is 10.0. The van der Waals surface area contributed by atoms with Crippen LogP contribution in [0.3, 0.4) is 0 Å². The first kappa shape index (κ1) is 17.2. The SMILES string of the molecule is Cc1cc(Cl)ccc1NC(=O)c1cc(-c2ccccn2)nc2ccccc12. The Balaban J connectivity index is 1.81. The van der Waals surface area contributed by atoms with Crippen LogP contribution in [0.15, 0.2) is 72.9 Å².